The zero-order chi connectivity index (χ0) is 20.4. The van der Waals surface area contributed by atoms with E-state index in [1.54, 1.807) is 18.3 Å². The molecule has 4 rings (SSSR count). The van der Waals surface area contributed by atoms with Crippen molar-refractivity contribution in [2.45, 2.75) is 45.8 Å². The number of carbonyl (C=O) groups excluding carboxylic acids is 2. The number of amides is 1. The Bertz CT molecular complexity index is 1050. The number of carbonyl (C=O) groups is 2. The first kappa shape index (κ1) is 19.6. The zero-order valence-electron chi connectivity index (χ0n) is 16.6. The number of ether oxygens (including phenoxy) is 1. The highest BCUT2D eigenvalue weighted by Crippen LogP contribution is 2.32. The van der Waals surface area contributed by atoms with Gasteiger partial charge in [0.1, 0.15) is 0 Å². The van der Waals surface area contributed by atoms with Gasteiger partial charge < -0.3 is 10.1 Å². The zero-order valence-corrected chi connectivity index (χ0v) is 17.4. The number of rotatable bonds is 5. The van der Waals surface area contributed by atoms with Gasteiger partial charge in [-0.25, -0.2) is 4.79 Å². The van der Waals surface area contributed by atoms with E-state index in [0.29, 0.717) is 18.0 Å². The first-order valence-corrected chi connectivity index (χ1v) is 10.8. The van der Waals surface area contributed by atoms with Crippen LogP contribution in [0.15, 0.2) is 41.8 Å². The number of hydrogen-bond donors (Lipinski definition) is 1. The standard InChI is InChI=1S/C23H24N2O3S/c1-14-9-10-20-18(12-14)21(17-7-3-4-8-19(17)25-20)23(27)28-15(2)22(26)24-13-16-6-5-11-29-16/h3-8,11,14-15H,9-10,12-13H2,1-2H3,(H,24,26)/t14-,15-/m1/s1. The van der Waals surface area contributed by atoms with Crippen molar-refractivity contribution < 1.29 is 14.3 Å². The Morgan fingerprint density at radius 3 is 2.90 bits per heavy atom. The van der Waals surface area contributed by atoms with Crippen LogP contribution in [0.1, 0.15) is 46.8 Å². The van der Waals surface area contributed by atoms with Crippen molar-refractivity contribution in [3.8, 4) is 0 Å². The maximum Gasteiger partial charge on any atom is 0.339 e. The molecule has 1 aromatic carbocycles. The summed E-state index contributed by atoms with van der Waals surface area (Å²) in [6.45, 7) is 4.23. The van der Waals surface area contributed by atoms with Crippen molar-refractivity contribution in [3.63, 3.8) is 0 Å². The fourth-order valence-electron chi connectivity index (χ4n) is 3.80. The highest BCUT2D eigenvalue weighted by atomic mass is 32.1. The number of thiophene rings is 1. The number of pyridine rings is 1. The van der Waals surface area contributed by atoms with Crippen LogP contribution >= 0.6 is 11.3 Å². The van der Waals surface area contributed by atoms with Gasteiger partial charge in [-0.1, -0.05) is 31.2 Å². The number of nitrogens with zero attached hydrogens (tertiary/aromatic N) is 1. The fourth-order valence-corrected chi connectivity index (χ4v) is 4.44. The lowest BCUT2D eigenvalue weighted by atomic mass is 9.84. The maximum absolute atomic E-state index is 13.2. The molecule has 1 aliphatic carbocycles. The third kappa shape index (κ3) is 4.17. The smallest absolute Gasteiger partial charge is 0.339 e. The molecule has 3 aromatic rings. The van der Waals surface area contributed by atoms with E-state index in [0.717, 1.165) is 46.3 Å². The summed E-state index contributed by atoms with van der Waals surface area (Å²) in [7, 11) is 0. The predicted molar refractivity (Wildman–Crippen MR) is 114 cm³/mol. The lowest BCUT2D eigenvalue weighted by Crippen LogP contribution is -2.35. The average molecular weight is 409 g/mol. The van der Waals surface area contributed by atoms with Gasteiger partial charge in [0.25, 0.3) is 5.91 Å². The van der Waals surface area contributed by atoms with Crippen molar-refractivity contribution in [2.75, 3.05) is 0 Å². The molecule has 0 unspecified atom stereocenters. The number of aromatic nitrogens is 1. The number of para-hydroxylation sites is 1. The molecule has 1 N–H and O–H groups in total. The van der Waals surface area contributed by atoms with Crippen LogP contribution in [0.25, 0.3) is 10.9 Å². The molecule has 2 atom stereocenters. The molecule has 1 amide bonds. The summed E-state index contributed by atoms with van der Waals surface area (Å²) < 4.78 is 5.60. The van der Waals surface area contributed by atoms with E-state index in [4.69, 9.17) is 9.72 Å². The van der Waals surface area contributed by atoms with Crippen LogP contribution in [-0.2, 0) is 28.9 Å². The molecule has 0 spiro atoms. The molecule has 0 fully saturated rings. The summed E-state index contributed by atoms with van der Waals surface area (Å²) in [6, 6.07) is 11.5. The van der Waals surface area contributed by atoms with Crippen LogP contribution in [0.5, 0.6) is 0 Å². The Kier molecular flexibility index (Phi) is 5.62. The van der Waals surface area contributed by atoms with Gasteiger partial charge >= 0.3 is 5.97 Å². The lowest BCUT2D eigenvalue weighted by Gasteiger charge is -2.24. The van der Waals surface area contributed by atoms with E-state index in [-0.39, 0.29) is 5.91 Å². The molecule has 5 nitrogen and oxygen atoms in total. The molecule has 0 radical (unpaired) electrons. The molecule has 2 heterocycles. The van der Waals surface area contributed by atoms with Crippen molar-refractivity contribution in [2.24, 2.45) is 5.92 Å². The van der Waals surface area contributed by atoms with Gasteiger partial charge in [-0.3, -0.25) is 9.78 Å². The van der Waals surface area contributed by atoms with E-state index in [1.165, 1.54) is 0 Å². The molecule has 0 saturated heterocycles. The molecule has 150 valence electrons. The fraction of sp³-hybridized carbons (Fsp3) is 0.348. The molecule has 0 saturated carbocycles. The number of hydrogen-bond acceptors (Lipinski definition) is 5. The minimum absolute atomic E-state index is 0.299. The Morgan fingerprint density at radius 2 is 2.10 bits per heavy atom. The van der Waals surface area contributed by atoms with E-state index >= 15 is 0 Å². The molecule has 6 heteroatoms. The minimum atomic E-state index is -0.869. The van der Waals surface area contributed by atoms with E-state index in [1.807, 2.05) is 41.8 Å². The summed E-state index contributed by atoms with van der Waals surface area (Å²) in [4.78, 5) is 31.4. The van der Waals surface area contributed by atoms with Crippen LogP contribution in [0.4, 0.5) is 0 Å². The van der Waals surface area contributed by atoms with Crippen molar-refractivity contribution in [1.29, 1.82) is 0 Å². The Morgan fingerprint density at radius 1 is 1.28 bits per heavy atom. The molecular weight excluding hydrogens is 384 g/mol. The van der Waals surface area contributed by atoms with Crippen molar-refractivity contribution >= 4 is 34.1 Å². The van der Waals surface area contributed by atoms with Gasteiger partial charge in [-0.05, 0) is 55.2 Å². The van der Waals surface area contributed by atoms with Crippen LogP contribution in [-0.4, -0.2) is 23.0 Å². The topological polar surface area (TPSA) is 68.3 Å². The number of esters is 1. The molecular formula is C23H24N2O3S. The average Bonchev–Trinajstić information content (AvgIpc) is 3.23. The highest BCUT2D eigenvalue weighted by Gasteiger charge is 2.28. The second kappa shape index (κ2) is 8.33. The highest BCUT2D eigenvalue weighted by molar-refractivity contribution is 7.09. The SMILES string of the molecule is C[C@@H]1CCc2nc3ccccc3c(C(=O)O[C@H](C)C(=O)NCc3cccs3)c2C1. The second-order valence-electron chi connectivity index (χ2n) is 7.62. The van der Waals surface area contributed by atoms with Crippen LogP contribution in [0.2, 0.25) is 0 Å². The van der Waals surface area contributed by atoms with Crippen molar-refractivity contribution in [1.82, 2.24) is 10.3 Å². The minimum Gasteiger partial charge on any atom is -0.449 e. The first-order chi connectivity index (χ1) is 14.0. The van der Waals surface area contributed by atoms with Crippen LogP contribution in [0, 0.1) is 5.92 Å². The molecule has 29 heavy (non-hydrogen) atoms. The van der Waals surface area contributed by atoms with E-state index in [9.17, 15) is 9.59 Å². The van der Waals surface area contributed by atoms with Crippen LogP contribution in [0.3, 0.4) is 0 Å². The summed E-state index contributed by atoms with van der Waals surface area (Å²) >= 11 is 1.58. The molecule has 1 aliphatic rings. The predicted octanol–water partition coefficient (Wildman–Crippen LogP) is 4.28. The van der Waals surface area contributed by atoms with Crippen LogP contribution < -0.4 is 5.32 Å². The Hall–Kier alpha value is -2.73. The Balaban J connectivity index is 1.57. The largest absolute Gasteiger partial charge is 0.449 e. The number of fused-ring (bicyclic) bond motifs is 2. The summed E-state index contributed by atoms with van der Waals surface area (Å²) in [6.07, 6.45) is 1.86. The molecule has 0 aliphatic heterocycles. The van der Waals surface area contributed by atoms with Gasteiger partial charge in [0.2, 0.25) is 0 Å². The van der Waals surface area contributed by atoms with E-state index < -0.39 is 12.1 Å². The quantitative estimate of drug-likeness (QED) is 0.640. The third-order valence-electron chi connectivity index (χ3n) is 5.38. The number of nitrogens with one attached hydrogen (secondary N) is 1. The van der Waals surface area contributed by atoms with Crippen molar-refractivity contribution in [3.05, 3.63) is 63.5 Å². The van der Waals surface area contributed by atoms with Gasteiger partial charge in [-0.2, -0.15) is 0 Å². The number of aryl methyl sites for hydroxylation is 1. The third-order valence-corrected chi connectivity index (χ3v) is 6.26. The van der Waals surface area contributed by atoms with Gasteiger partial charge in [0, 0.05) is 16.0 Å². The monoisotopic (exact) mass is 408 g/mol. The van der Waals surface area contributed by atoms with E-state index in [2.05, 4.69) is 12.2 Å². The van der Waals surface area contributed by atoms with Gasteiger partial charge in [-0.15, -0.1) is 11.3 Å². The lowest BCUT2D eigenvalue weighted by molar-refractivity contribution is -0.129. The molecule has 0 bridgehead atoms. The normalized spacial score (nSPS) is 16.8. The summed E-state index contributed by atoms with van der Waals surface area (Å²) in [5, 5.41) is 5.58. The number of benzene rings is 1. The summed E-state index contributed by atoms with van der Waals surface area (Å²) in [5.41, 5.74) is 3.31. The second-order valence-corrected chi connectivity index (χ2v) is 8.65. The van der Waals surface area contributed by atoms with Gasteiger partial charge in [0.05, 0.1) is 17.6 Å². The maximum atomic E-state index is 13.2. The molecule has 2 aromatic heterocycles. The first-order valence-electron chi connectivity index (χ1n) is 9.94. The Labute approximate surface area is 174 Å². The summed E-state index contributed by atoms with van der Waals surface area (Å²) in [5.74, 6) is -0.261. The van der Waals surface area contributed by atoms with Gasteiger partial charge in [0.15, 0.2) is 6.10 Å².